The summed E-state index contributed by atoms with van der Waals surface area (Å²) in [6.45, 7) is 3.24. The Bertz CT molecular complexity index is 140. The molecule has 1 atom stereocenters. The molecule has 3 nitrogen and oxygen atoms in total. The summed E-state index contributed by atoms with van der Waals surface area (Å²) in [6.07, 6.45) is 2.29. The Morgan fingerprint density at radius 3 is 2.73 bits per heavy atom. The highest BCUT2D eigenvalue weighted by atomic mass is 35.5. The Morgan fingerprint density at radius 1 is 1.73 bits per heavy atom. The molecular weight excluding hydrogens is 166 g/mol. The monoisotopic (exact) mass is 179 g/mol. The topological polar surface area (TPSA) is 40.5 Å². The van der Waals surface area contributed by atoms with E-state index in [1.54, 1.807) is 0 Å². The Balaban J connectivity index is 0.000001000. The van der Waals surface area contributed by atoms with Gasteiger partial charge >= 0.3 is 5.97 Å². The van der Waals surface area contributed by atoms with Gasteiger partial charge in [0.2, 0.25) is 0 Å². The summed E-state index contributed by atoms with van der Waals surface area (Å²) in [6, 6.07) is 0.469. The average molecular weight is 180 g/mol. The molecule has 0 aromatic heterocycles. The predicted molar refractivity (Wildman–Crippen MR) is 45.2 cm³/mol. The summed E-state index contributed by atoms with van der Waals surface area (Å²) in [5.74, 6) is -0.714. The standard InChI is InChI=1S/C7H13NO2.ClH/c1-6-3-2-4-8(6)5-7(9)10;/h6H,2-5H2,1H3,(H,9,10);1H. The van der Waals surface area contributed by atoms with E-state index in [9.17, 15) is 4.79 Å². The number of hydrogen-bond acceptors (Lipinski definition) is 2. The number of carboxylic acids is 1. The molecule has 66 valence electrons. The minimum atomic E-state index is -0.714. The van der Waals surface area contributed by atoms with Crippen molar-refractivity contribution in [1.82, 2.24) is 4.90 Å². The summed E-state index contributed by atoms with van der Waals surface area (Å²) in [5, 5.41) is 8.45. The lowest BCUT2D eigenvalue weighted by Crippen LogP contribution is -2.32. The fraction of sp³-hybridized carbons (Fsp3) is 0.857. The van der Waals surface area contributed by atoms with Crippen molar-refractivity contribution in [1.29, 1.82) is 0 Å². The van der Waals surface area contributed by atoms with Crippen LogP contribution >= 0.6 is 12.4 Å². The predicted octanol–water partition coefficient (Wildman–Crippen LogP) is 0.977. The molecule has 0 spiro atoms. The van der Waals surface area contributed by atoms with Crippen LogP contribution in [0.1, 0.15) is 19.8 Å². The molecule has 1 saturated heterocycles. The highest BCUT2D eigenvalue weighted by Crippen LogP contribution is 2.14. The number of halogens is 1. The summed E-state index contributed by atoms with van der Waals surface area (Å²) < 4.78 is 0. The second kappa shape index (κ2) is 4.57. The van der Waals surface area contributed by atoms with Crippen LogP contribution in [0.15, 0.2) is 0 Å². The van der Waals surface area contributed by atoms with Gasteiger partial charge in [-0.15, -0.1) is 12.4 Å². The van der Waals surface area contributed by atoms with Crippen molar-refractivity contribution in [3.8, 4) is 0 Å². The van der Waals surface area contributed by atoms with Crippen LogP contribution in [0.25, 0.3) is 0 Å². The molecule has 0 bridgehead atoms. The maximum Gasteiger partial charge on any atom is 0.317 e. The number of hydrogen-bond donors (Lipinski definition) is 1. The van der Waals surface area contributed by atoms with E-state index in [1.807, 2.05) is 4.90 Å². The largest absolute Gasteiger partial charge is 0.480 e. The fourth-order valence-corrected chi connectivity index (χ4v) is 1.40. The second-order valence-electron chi connectivity index (χ2n) is 2.86. The maximum atomic E-state index is 10.3. The first-order chi connectivity index (χ1) is 4.70. The highest BCUT2D eigenvalue weighted by molar-refractivity contribution is 5.85. The van der Waals surface area contributed by atoms with Gasteiger partial charge in [0.05, 0.1) is 6.54 Å². The van der Waals surface area contributed by atoms with Crippen LogP contribution in [0.2, 0.25) is 0 Å². The molecule has 1 aliphatic rings. The van der Waals surface area contributed by atoms with Crippen molar-refractivity contribution in [2.24, 2.45) is 0 Å². The van der Waals surface area contributed by atoms with Gasteiger partial charge in [0, 0.05) is 6.04 Å². The van der Waals surface area contributed by atoms with Gasteiger partial charge in [0.25, 0.3) is 0 Å². The van der Waals surface area contributed by atoms with Gasteiger partial charge in [-0.25, -0.2) is 0 Å². The van der Waals surface area contributed by atoms with E-state index in [0.29, 0.717) is 6.04 Å². The molecule has 11 heavy (non-hydrogen) atoms. The van der Waals surface area contributed by atoms with Crippen LogP contribution in [0.5, 0.6) is 0 Å². The number of aliphatic carboxylic acids is 1. The summed E-state index contributed by atoms with van der Waals surface area (Å²) in [5.41, 5.74) is 0. The second-order valence-corrected chi connectivity index (χ2v) is 2.86. The van der Waals surface area contributed by atoms with Crippen molar-refractivity contribution >= 4 is 18.4 Å². The number of rotatable bonds is 2. The zero-order valence-electron chi connectivity index (χ0n) is 6.62. The van der Waals surface area contributed by atoms with Crippen LogP contribution in [-0.2, 0) is 4.79 Å². The van der Waals surface area contributed by atoms with Gasteiger partial charge in [-0.05, 0) is 26.3 Å². The van der Waals surface area contributed by atoms with Crippen molar-refractivity contribution in [3.63, 3.8) is 0 Å². The lowest BCUT2D eigenvalue weighted by molar-refractivity contribution is -0.138. The zero-order chi connectivity index (χ0) is 7.56. The third-order valence-electron chi connectivity index (χ3n) is 2.03. The van der Waals surface area contributed by atoms with Gasteiger partial charge in [0.1, 0.15) is 0 Å². The number of carbonyl (C=O) groups is 1. The summed E-state index contributed by atoms with van der Waals surface area (Å²) in [4.78, 5) is 12.3. The highest BCUT2D eigenvalue weighted by Gasteiger charge is 2.21. The van der Waals surface area contributed by atoms with E-state index < -0.39 is 5.97 Å². The summed E-state index contributed by atoms with van der Waals surface area (Å²) in [7, 11) is 0. The van der Waals surface area contributed by atoms with E-state index >= 15 is 0 Å². The van der Waals surface area contributed by atoms with Crippen LogP contribution < -0.4 is 0 Å². The Morgan fingerprint density at radius 2 is 2.36 bits per heavy atom. The van der Waals surface area contributed by atoms with Crippen molar-refractivity contribution in [2.75, 3.05) is 13.1 Å². The van der Waals surface area contributed by atoms with E-state index in [4.69, 9.17) is 5.11 Å². The molecule has 0 aromatic rings. The smallest absolute Gasteiger partial charge is 0.317 e. The molecule has 1 fully saturated rings. The third-order valence-corrected chi connectivity index (χ3v) is 2.03. The quantitative estimate of drug-likeness (QED) is 0.687. The van der Waals surface area contributed by atoms with Gasteiger partial charge in [0.15, 0.2) is 0 Å². The first-order valence-corrected chi connectivity index (χ1v) is 3.66. The molecule has 1 heterocycles. The third kappa shape index (κ3) is 3.08. The molecule has 0 radical (unpaired) electrons. The van der Waals surface area contributed by atoms with Crippen LogP contribution in [-0.4, -0.2) is 35.1 Å². The van der Waals surface area contributed by atoms with Gasteiger partial charge in [-0.1, -0.05) is 0 Å². The average Bonchev–Trinajstić information content (AvgIpc) is 2.15. The van der Waals surface area contributed by atoms with Gasteiger partial charge < -0.3 is 5.11 Å². The number of nitrogens with zero attached hydrogens (tertiary/aromatic N) is 1. The molecule has 0 aromatic carbocycles. The molecular formula is C7H14ClNO2. The van der Waals surface area contributed by atoms with Crippen LogP contribution in [0, 0.1) is 0 Å². The summed E-state index contributed by atoms with van der Waals surface area (Å²) >= 11 is 0. The Hall–Kier alpha value is -0.280. The minimum absolute atomic E-state index is 0. The van der Waals surface area contributed by atoms with Crippen LogP contribution in [0.4, 0.5) is 0 Å². The first kappa shape index (κ1) is 10.7. The maximum absolute atomic E-state index is 10.3. The fourth-order valence-electron chi connectivity index (χ4n) is 1.40. The van der Waals surface area contributed by atoms with Crippen molar-refractivity contribution < 1.29 is 9.90 Å². The number of likely N-dealkylation sites (tertiary alicyclic amines) is 1. The van der Waals surface area contributed by atoms with Crippen molar-refractivity contribution in [2.45, 2.75) is 25.8 Å². The molecule has 1 unspecified atom stereocenters. The van der Waals surface area contributed by atoms with E-state index in [2.05, 4.69) is 6.92 Å². The van der Waals surface area contributed by atoms with Crippen LogP contribution in [0.3, 0.4) is 0 Å². The molecule has 0 amide bonds. The van der Waals surface area contributed by atoms with E-state index in [-0.39, 0.29) is 19.0 Å². The first-order valence-electron chi connectivity index (χ1n) is 3.66. The Kier molecular flexibility index (Phi) is 4.45. The lowest BCUT2D eigenvalue weighted by Gasteiger charge is -2.17. The number of carboxylic acid groups (broad SMARTS) is 1. The van der Waals surface area contributed by atoms with Crippen molar-refractivity contribution in [3.05, 3.63) is 0 Å². The molecule has 1 N–H and O–H groups in total. The normalized spacial score (nSPS) is 24.6. The molecule has 0 saturated carbocycles. The molecule has 1 aliphatic heterocycles. The SMILES string of the molecule is CC1CCCN1CC(=O)O.Cl. The lowest BCUT2D eigenvalue weighted by atomic mass is 10.2. The molecule has 4 heteroatoms. The Labute approximate surface area is 72.8 Å². The minimum Gasteiger partial charge on any atom is -0.480 e. The van der Waals surface area contributed by atoms with Gasteiger partial charge in [-0.3, -0.25) is 9.69 Å². The van der Waals surface area contributed by atoms with E-state index in [1.165, 1.54) is 0 Å². The van der Waals surface area contributed by atoms with Gasteiger partial charge in [-0.2, -0.15) is 0 Å². The van der Waals surface area contributed by atoms with E-state index in [0.717, 1.165) is 19.4 Å². The zero-order valence-corrected chi connectivity index (χ0v) is 7.43. The molecule has 0 aliphatic carbocycles. The molecule has 1 rings (SSSR count).